The first kappa shape index (κ1) is 13.6. The summed E-state index contributed by atoms with van der Waals surface area (Å²) in [6, 6.07) is 11.9. The SMILES string of the molecule is Cn1ccnc1CCOc1ccc2ccccc2c1CO. The maximum absolute atomic E-state index is 9.65. The van der Waals surface area contributed by atoms with Crippen LogP contribution in [0.25, 0.3) is 10.8 Å². The maximum Gasteiger partial charge on any atom is 0.125 e. The number of aliphatic hydroxyl groups is 1. The highest BCUT2D eigenvalue weighted by molar-refractivity contribution is 5.87. The van der Waals surface area contributed by atoms with Crippen molar-refractivity contribution < 1.29 is 9.84 Å². The number of fused-ring (bicyclic) bond motifs is 1. The Balaban J connectivity index is 1.79. The summed E-state index contributed by atoms with van der Waals surface area (Å²) in [4.78, 5) is 4.27. The Hall–Kier alpha value is -2.33. The van der Waals surface area contributed by atoms with E-state index >= 15 is 0 Å². The molecule has 3 rings (SSSR count). The Morgan fingerprint density at radius 3 is 2.81 bits per heavy atom. The zero-order valence-corrected chi connectivity index (χ0v) is 12.0. The Kier molecular flexibility index (Phi) is 3.88. The second-order valence-corrected chi connectivity index (χ2v) is 4.97. The molecule has 2 aromatic carbocycles. The standard InChI is InChI=1S/C17H18N2O2/c1-19-10-9-18-17(19)8-11-21-16-7-6-13-4-2-3-5-14(13)15(16)12-20/h2-7,9-10,20H,8,11-12H2,1H3. The van der Waals surface area contributed by atoms with Crippen molar-refractivity contribution in [3.63, 3.8) is 0 Å². The molecule has 0 bridgehead atoms. The second-order valence-electron chi connectivity index (χ2n) is 4.97. The molecule has 0 amide bonds. The minimum atomic E-state index is -0.0287. The van der Waals surface area contributed by atoms with Crippen LogP contribution in [0, 0.1) is 0 Å². The highest BCUT2D eigenvalue weighted by atomic mass is 16.5. The molecule has 0 aliphatic rings. The summed E-state index contributed by atoms with van der Waals surface area (Å²) >= 11 is 0. The number of benzene rings is 2. The van der Waals surface area contributed by atoms with Gasteiger partial charge in [-0.1, -0.05) is 30.3 Å². The third-order valence-electron chi connectivity index (χ3n) is 3.66. The van der Waals surface area contributed by atoms with Gasteiger partial charge in [0.1, 0.15) is 11.6 Å². The molecule has 21 heavy (non-hydrogen) atoms. The quantitative estimate of drug-likeness (QED) is 0.782. The fourth-order valence-corrected chi connectivity index (χ4v) is 2.50. The van der Waals surface area contributed by atoms with Crippen molar-refractivity contribution in [2.75, 3.05) is 6.61 Å². The number of aromatic nitrogens is 2. The number of aliphatic hydroxyl groups excluding tert-OH is 1. The first-order valence-electron chi connectivity index (χ1n) is 7.00. The van der Waals surface area contributed by atoms with Gasteiger partial charge in [0.15, 0.2) is 0 Å². The van der Waals surface area contributed by atoms with Gasteiger partial charge in [-0.3, -0.25) is 0 Å². The lowest BCUT2D eigenvalue weighted by Gasteiger charge is -2.12. The average Bonchev–Trinajstić information content (AvgIpc) is 2.92. The Morgan fingerprint density at radius 2 is 2.05 bits per heavy atom. The van der Waals surface area contributed by atoms with E-state index in [1.807, 2.05) is 54.2 Å². The Labute approximate surface area is 123 Å². The van der Waals surface area contributed by atoms with Gasteiger partial charge in [-0.2, -0.15) is 0 Å². The van der Waals surface area contributed by atoms with E-state index in [1.165, 1.54) is 0 Å². The lowest BCUT2D eigenvalue weighted by atomic mass is 10.0. The number of hydrogen-bond acceptors (Lipinski definition) is 3. The molecule has 1 N–H and O–H groups in total. The Morgan fingerprint density at radius 1 is 1.19 bits per heavy atom. The predicted octanol–water partition coefficient (Wildman–Crippen LogP) is 2.69. The van der Waals surface area contributed by atoms with Crippen LogP contribution < -0.4 is 4.74 Å². The van der Waals surface area contributed by atoms with E-state index in [1.54, 1.807) is 6.20 Å². The minimum Gasteiger partial charge on any atom is -0.493 e. The van der Waals surface area contributed by atoms with Crippen LogP contribution >= 0.6 is 0 Å². The monoisotopic (exact) mass is 282 g/mol. The molecule has 0 unspecified atom stereocenters. The third-order valence-corrected chi connectivity index (χ3v) is 3.66. The van der Waals surface area contributed by atoms with Crippen molar-refractivity contribution in [2.45, 2.75) is 13.0 Å². The van der Waals surface area contributed by atoms with E-state index in [-0.39, 0.29) is 6.61 Å². The van der Waals surface area contributed by atoms with Crippen LogP contribution in [-0.2, 0) is 20.1 Å². The van der Waals surface area contributed by atoms with Crippen molar-refractivity contribution in [3.05, 3.63) is 60.2 Å². The van der Waals surface area contributed by atoms with Gasteiger partial charge in [-0.05, 0) is 16.8 Å². The summed E-state index contributed by atoms with van der Waals surface area (Å²) in [6.45, 7) is 0.509. The molecule has 108 valence electrons. The lowest BCUT2D eigenvalue weighted by Crippen LogP contribution is -2.07. The number of rotatable bonds is 5. The molecule has 0 fully saturated rings. The molecule has 3 aromatic rings. The first-order chi connectivity index (χ1) is 10.3. The highest BCUT2D eigenvalue weighted by Crippen LogP contribution is 2.28. The lowest BCUT2D eigenvalue weighted by molar-refractivity contribution is 0.265. The van der Waals surface area contributed by atoms with Gasteiger partial charge in [-0.25, -0.2) is 4.98 Å². The van der Waals surface area contributed by atoms with Gasteiger partial charge in [-0.15, -0.1) is 0 Å². The molecule has 0 spiro atoms. The average molecular weight is 282 g/mol. The van der Waals surface area contributed by atoms with E-state index in [9.17, 15) is 5.11 Å². The number of ether oxygens (including phenoxy) is 1. The van der Waals surface area contributed by atoms with Crippen LogP contribution in [-0.4, -0.2) is 21.3 Å². The van der Waals surface area contributed by atoms with Gasteiger partial charge in [0.25, 0.3) is 0 Å². The maximum atomic E-state index is 9.65. The zero-order chi connectivity index (χ0) is 14.7. The smallest absolute Gasteiger partial charge is 0.125 e. The molecule has 0 aliphatic heterocycles. The number of aryl methyl sites for hydroxylation is 1. The summed E-state index contributed by atoms with van der Waals surface area (Å²) in [7, 11) is 1.97. The highest BCUT2D eigenvalue weighted by Gasteiger charge is 2.08. The fourth-order valence-electron chi connectivity index (χ4n) is 2.50. The molecule has 0 saturated heterocycles. The van der Waals surface area contributed by atoms with Gasteiger partial charge in [0.2, 0.25) is 0 Å². The minimum absolute atomic E-state index is 0.0287. The predicted molar refractivity (Wildman–Crippen MR) is 82.3 cm³/mol. The molecule has 0 saturated carbocycles. The van der Waals surface area contributed by atoms with Crippen LogP contribution in [0.5, 0.6) is 5.75 Å². The van der Waals surface area contributed by atoms with Crippen LogP contribution in [0.3, 0.4) is 0 Å². The molecule has 1 heterocycles. The Bertz CT molecular complexity index is 749. The summed E-state index contributed by atoms with van der Waals surface area (Å²) in [5.41, 5.74) is 0.841. The van der Waals surface area contributed by atoms with Crippen LogP contribution in [0.4, 0.5) is 0 Å². The molecule has 1 aromatic heterocycles. The normalized spacial score (nSPS) is 11.0. The van der Waals surface area contributed by atoms with E-state index in [4.69, 9.17) is 4.74 Å². The topological polar surface area (TPSA) is 47.3 Å². The van der Waals surface area contributed by atoms with Crippen LogP contribution in [0.2, 0.25) is 0 Å². The van der Waals surface area contributed by atoms with Gasteiger partial charge < -0.3 is 14.4 Å². The summed E-state index contributed by atoms with van der Waals surface area (Å²) < 4.78 is 7.83. The van der Waals surface area contributed by atoms with E-state index in [2.05, 4.69) is 4.98 Å². The molecule has 0 aliphatic carbocycles. The van der Waals surface area contributed by atoms with E-state index in [0.29, 0.717) is 6.61 Å². The number of imidazole rings is 1. The van der Waals surface area contributed by atoms with Crippen LogP contribution in [0.1, 0.15) is 11.4 Å². The van der Waals surface area contributed by atoms with Crippen LogP contribution in [0.15, 0.2) is 48.8 Å². The largest absolute Gasteiger partial charge is 0.493 e. The second kappa shape index (κ2) is 5.97. The molecular formula is C17H18N2O2. The number of hydrogen-bond donors (Lipinski definition) is 1. The molecule has 0 radical (unpaired) electrons. The van der Waals surface area contributed by atoms with Crippen molar-refractivity contribution >= 4 is 10.8 Å². The molecule has 4 heteroatoms. The van der Waals surface area contributed by atoms with Crippen molar-refractivity contribution in [1.29, 1.82) is 0 Å². The summed E-state index contributed by atoms with van der Waals surface area (Å²) in [5, 5.41) is 11.8. The molecular weight excluding hydrogens is 264 g/mol. The number of nitrogens with zero attached hydrogens (tertiary/aromatic N) is 2. The fraction of sp³-hybridized carbons (Fsp3) is 0.235. The summed E-state index contributed by atoms with van der Waals surface area (Å²) in [6.07, 6.45) is 4.44. The van der Waals surface area contributed by atoms with Gasteiger partial charge in [0, 0.05) is 31.4 Å². The van der Waals surface area contributed by atoms with E-state index < -0.39 is 0 Å². The first-order valence-corrected chi connectivity index (χ1v) is 7.00. The van der Waals surface area contributed by atoms with Crippen molar-refractivity contribution in [2.24, 2.45) is 7.05 Å². The molecule has 4 nitrogen and oxygen atoms in total. The van der Waals surface area contributed by atoms with Crippen molar-refractivity contribution in [1.82, 2.24) is 9.55 Å². The zero-order valence-electron chi connectivity index (χ0n) is 12.0. The molecule has 0 atom stereocenters. The third kappa shape index (κ3) is 2.76. The van der Waals surface area contributed by atoms with Crippen molar-refractivity contribution in [3.8, 4) is 5.75 Å². The van der Waals surface area contributed by atoms with Gasteiger partial charge >= 0.3 is 0 Å². The summed E-state index contributed by atoms with van der Waals surface area (Å²) in [5.74, 6) is 1.73. The van der Waals surface area contributed by atoms with E-state index in [0.717, 1.165) is 34.3 Å². The van der Waals surface area contributed by atoms with Gasteiger partial charge in [0.05, 0.1) is 13.2 Å².